The molecule has 12 heteroatoms. The van der Waals surface area contributed by atoms with Crippen LogP contribution in [0.4, 0.5) is 22.0 Å². The molecule has 142 valence electrons. The van der Waals surface area contributed by atoms with Crippen molar-refractivity contribution in [3.05, 3.63) is 63.1 Å². The van der Waals surface area contributed by atoms with Gasteiger partial charge in [0.25, 0.3) is 0 Å². The van der Waals surface area contributed by atoms with Gasteiger partial charge in [-0.3, -0.25) is 0 Å². The Hall–Kier alpha value is -1.98. The summed E-state index contributed by atoms with van der Waals surface area (Å²) in [7, 11) is -4.94. The van der Waals surface area contributed by atoms with Crippen LogP contribution in [0.5, 0.6) is 5.75 Å². The van der Waals surface area contributed by atoms with Crippen molar-refractivity contribution in [1.82, 2.24) is 4.98 Å². The minimum atomic E-state index is -4.94. The third-order valence-corrected chi connectivity index (χ3v) is 5.39. The van der Waals surface area contributed by atoms with Crippen molar-refractivity contribution >= 4 is 48.4 Å². The molecule has 0 bridgehead atoms. The number of halogens is 7. The predicted molar refractivity (Wildman–Crippen MR) is 88.5 cm³/mol. The monoisotopic (exact) mass is 487 g/mol. The zero-order valence-electron chi connectivity index (χ0n) is 12.5. The normalized spacial score (nSPS) is 11.8. The molecule has 0 atom stereocenters. The molecule has 1 aromatic heterocycles. The van der Waals surface area contributed by atoms with E-state index >= 15 is 0 Å². The Balaban J connectivity index is 2.13. The van der Waals surface area contributed by atoms with Gasteiger partial charge in [-0.1, -0.05) is 17.7 Å². The Bertz CT molecular complexity index is 1180. The number of pyridine rings is 1. The molecule has 0 aliphatic carbocycles. The second-order valence-electron chi connectivity index (χ2n) is 5.06. The van der Waals surface area contributed by atoms with Crippen LogP contribution in [0.15, 0.2) is 33.8 Å². The molecule has 3 rings (SSSR count). The summed E-state index contributed by atoms with van der Waals surface area (Å²) in [5.74, 6) is -13.9. The molecule has 27 heavy (non-hydrogen) atoms. The van der Waals surface area contributed by atoms with E-state index in [2.05, 4.69) is 25.1 Å². The van der Waals surface area contributed by atoms with E-state index in [0.717, 1.165) is 12.1 Å². The molecule has 0 aliphatic rings. The van der Waals surface area contributed by atoms with Gasteiger partial charge in [-0.25, -0.2) is 18.2 Å². The van der Waals surface area contributed by atoms with E-state index in [-0.39, 0.29) is 10.5 Å². The third-order valence-electron chi connectivity index (χ3n) is 3.38. The number of nitrogens with zero attached hydrogens (tertiary/aromatic N) is 1. The SMILES string of the molecule is O=S(=O)(Oc1c(F)c(F)c(F)c(F)c1F)c1ccc2c(Br)nc(Cl)cc2c1. The molecular formula is C15H4BrClF5NO3S. The van der Waals surface area contributed by atoms with Crippen LogP contribution in [0.25, 0.3) is 10.8 Å². The van der Waals surface area contributed by atoms with Crippen LogP contribution >= 0.6 is 27.5 Å². The van der Waals surface area contributed by atoms with Gasteiger partial charge in [0.2, 0.25) is 34.8 Å². The second-order valence-corrected chi connectivity index (χ2v) is 7.74. The Morgan fingerprint density at radius 1 is 0.926 bits per heavy atom. The van der Waals surface area contributed by atoms with Gasteiger partial charge in [0.05, 0.1) is 0 Å². The highest BCUT2D eigenvalue weighted by Crippen LogP contribution is 2.33. The molecular weight excluding hydrogens is 485 g/mol. The van der Waals surface area contributed by atoms with Crippen molar-refractivity contribution in [2.24, 2.45) is 0 Å². The average Bonchev–Trinajstić information content (AvgIpc) is 2.61. The van der Waals surface area contributed by atoms with Crippen LogP contribution in [0.3, 0.4) is 0 Å². The first-order valence-electron chi connectivity index (χ1n) is 6.74. The summed E-state index contributed by atoms with van der Waals surface area (Å²) < 4.78 is 95.8. The fourth-order valence-corrected chi connectivity index (χ4v) is 3.96. The molecule has 4 nitrogen and oxygen atoms in total. The second kappa shape index (κ2) is 6.88. The van der Waals surface area contributed by atoms with Crippen molar-refractivity contribution < 1.29 is 34.6 Å². The van der Waals surface area contributed by atoms with Crippen LogP contribution in [0.2, 0.25) is 5.15 Å². The van der Waals surface area contributed by atoms with E-state index in [4.69, 9.17) is 11.6 Å². The molecule has 0 N–H and O–H groups in total. The van der Waals surface area contributed by atoms with Gasteiger partial charge < -0.3 is 4.18 Å². The Kier molecular flexibility index (Phi) is 5.04. The molecule has 0 saturated heterocycles. The number of fused-ring (bicyclic) bond motifs is 1. The third kappa shape index (κ3) is 3.46. The fraction of sp³-hybridized carbons (Fsp3) is 0. The van der Waals surface area contributed by atoms with E-state index in [9.17, 15) is 30.4 Å². The van der Waals surface area contributed by atoms with Crippen LogP contribution in [0.1, 0.15) is 0 Å². The first-order chi connectivity index (χ1) is 12.5. The molecule has 3 aromatic rings. The molecule has 1 heterocycles. The predicted octanol–water partition coefficient (Wildman–Crippen LogP) is 5.11. The summed E-state index contributed by atoms with van der Waals surface area (Å²) in [5.41, 5.74) is 0. The summed E-state index contributed by atoms with van der Waals surface area (Å²) in [4.78, 5) is 3.29. The number of rotatable bonds is 3. The summed E-state index contributed by atoms with van der Waals surface area (Å²) >= 11 is 8.90. The molecule has 0 aliphatic heterocycles. The van der Waals surface area contributed by atoms with Gasteiger partial charge in [-0.05, 0) is 39.5 Å². The van der Waals surface area contributed by atoms with Crippen LogP contribution in [-0.2, 0) is 10.1 Å². The lowest BCUT2D eigenvalue weighted by atomic mass is 10.2. The largest absolute Gasteiger partial charge is 0.372 e. The maximum atomic E-state index is 13.7. The average molecular weight is 489 g/mol. The number of hydrogen-bond acceptors (Lipinski definition) is 4. The van der Waals surface area contributed by atoms with E-state index in [1.165, 1.54) is 12.1 Å². The first-order valence-corrected chi connectivity index (χ1v) is 9.32. The smallest absolute Gasteiger partial charge is 0.339 e. The van der Waals surface area contributed by atoms with Crippen molar-refractivity contribution in [2.45, 2.75) is 4.90 Å². The highest BCUT2D eigenvalue weighted by Gasteiger charge is 2.31. The maximum absolute atomic E-state index is 13.7. The van der Waals surface area contributed by atoms with E-state index in [0.29, 0.717) is 9.99 Å². The van der Waals surface area contributed by atoms with Crippen LogP contribution in [-0.4, -0.2) is 13.4 Å². The lowest BCUT2D eigenvalue weighted by Gasteiger charge is -2.11. The molecule has 0 unspecified atom stereocenters. The van der Waals surface area contributed by atoms with E-state index < -0.39 is 49.8 Å². The minimum Gasteiger partial charge on any atom is -0.372 e. The number of aromatic nitrogens is 1. The zero-order chi connectivity index (χ0) is 20.1. The van der Waals surface area contributed by atoms with Crippen molar-refractivity contribution in [2.75, 3.05) is 0 Å². The molecule has 0 spiro atoms. The Labute approximate surface area is 161 Å². The topological polar surface area (TPSA) is 56.3 Å². The highest BCUT2D eigenvalue weighted by atomic mass is 79.9. The van der Waals surface area contributed by atoms with Gasteiger partial charge >= 0.3 is 10.1 Å². The Morgan fingerprint density at radius 2 is 1.48 bits per heavy atom. The Morgan fingerprint density at radius 3 is 2.07 bits per heavy atom. The van der Waals surface area contributed by atoms with Crippen molar-refractivity contribution in [3.8, 4) is 5.75 Å². The van der Waals surface area contributed by atoms with Crippen LogP contribution in [0, 0.1) is 29.1 Å². The number of benzene rings is 2. The highest BCUT2D eigenvalue weighted by molar-refractivity contribution is 9.10. The van der Waals surface area contributed by atoms with Crippen molar-refractivity contribution in [3.63, 3.8) is 0 Å². The molecule has 0 radical (unpaired) electrons. The number of hydrogen-bond donors (Lipinski definition) is 0. The molecule has 0 fully saturated rings. The van der Waals surface area contributed by atoms with Gasteiger partial charge in [0.15, 0.2) is 0 Å². The van der Waals surface area contributed by atoms with Crippen molar-refractivity contribution in [1.29, 1.82) is 0 Å². The van der Waals surface area contributed by atoms with Gasteiger partial charge in [0.1, 0.15) is 14.7 Å². The summed E-state index contributed by atoms with van der Waals surface area (Å²) in [6.45, 7) is 0. The molecule has 0 amide bonds. The molecule has 0 saturated carbocycles. The maximum Gasteiger partial charge on any atom is 0.339 e. The summed E-state index contributed by atoms with van der Waals surface area (Å²) in [6.07, 6.45) is 0. The minimum absolute atomic E-state index is 0.0182. The first kappa shape index (κ1) is 19.8. The fourth-order valence-electron chi connectivity index (χ4n) is 2.13. The van der Waals surface area contributed by atoms with E-state index in [1.807, 2.05) is 0 Å². The molecule has 2 aromatic carbocycles. The van der Waals surface area contributed by atoms with Gasteiger partial charge in [0, 0.05) is 5.39 Å². The summed E-state index contributed by atoms with van der Waals surface area (Å²) in [5, 5.41) is 0.739. The lowest BCUT2D eigenvalue weighted by Crippen LogP contribution is -2.14. The lowest BCUT2D eigenvalue weighted by molar-refractivity contribution is 0.346. The zero-order valence-corrected chi connectivity index (χ0v) is 15.7. The summed E-state index contributed by atoms with van der Waals surface area (Å²) in [6, 6.07) is 4.63. The van der Waals surface area contributed by atoms with Crippen LogP contribution < -0.4 is 4.18 Å². The van der Waals surface area contributed by atoms with Gasteiger partial charge in [-0.15, -0.1) is 0 Å². The van der Waals surface area contributed by atoms with Gasteiger partial charge in [-0.2, -0.15) is 17.2 Å². The standard InChI is InChI=1S/C15H4BrClF5NO3S/c16-15-7-2-1-6(3-5(7)4-8(17)23-15)27(24,25)26-14-12(21)10(19)9(18)11(20)13(14)22/h1-4H. The van der Waals surface area contributed by atoms with E-state index in [1.54, 1.807) is 0 Å². The quantitative estimate of drug-likeness (QED) is 0.169.